The Morgan fingerprint density at radius 2 is 2.04 bits per heavy atom. The van der Waals surface area contributed by atoms with Crippen LogP contribution in [0.5, 0.6) is 0 Å². The van der Waals surface area contributed by atoms with E-state index >= 15 is 0 Å². The lowest BCUT2D eigenvalue weighted by Gasteiger charge is -2.31. The Labute approximate surface area is 162 Å². The van der Waals surface area contributed by atoms with E-state index in [4.69, 9.17) is 14.2 Å². The number of carbonyl (C=O) groups is 1. The zero-order valence-electron chi connectivity index (χ0n) is 16.2. The summed E-state index contributed by atoms with van der Waals surface area (Å²) in [5, 5.41) is 12.8. The first-order chi connectivity index (χ1) is 13.4. The fourth-order valence-corrected chi connectivity index (χ4v) is 3.27. The molecule has 0 amide bonds. The Balaban J connectivity index is 2.75. The Morgan fingerprint density at radius 3 is 2.61 bits per heavy atom. The van der Waals surface area contributed by atoms with Crippen LogP contribution >= 0.6 is 0 Å². The van der Waals surface area contributed by atoms with Crippen molar-refractivity contribution in [1.82, 2.24) is 5.32 Å². The van der Waals surface area contributed by atoms with Crippen molar-refractivity contribution in [3.8, 4) is 6.07 Å². The molecule has 0 radical (unpaired) electrons. The van der Waals surface area contributed by atoms with E-state index < -0.39 is 23.5 Å². The molecule has 0 saturated carbocycles. The molecule has 1 N–H and O–H groups in total. The maximum absolute atomic E-state index is 14.5. The molecule has 0 aromatic heterocycles. The van der Waals surface area contributed by atoms with Crippen molar-refractivity contribution in [3.05, 3.63) is 57.7 Å². The number of allylic oxidation sites excluding steroid dienone is 7. The molecule has 1 atom stereocenters. The van der Waals surface area contributed by atoms with E-state index in [1.807, 2.05) is 0 Å². The summed E-state index contributed by atoms with van der Waals surface area (Å²) in [6.07, 6.45) is 3.02. The summed E-state index contributed by atoms with van der Waals surface area (Å²) in [5.74, 6) is -4.24. The number of ether oxygens (including phenoxy) is 3. The van der Waals surface area contributed by atoms with Crippen LogP contribution in [0.4, 0.5) is 8.78 Å². The standard InChI is InChI=1S/C20H22F2N2O4/c1-11-13(10-23)16(12-6-5-7-14(21)18(22)19(12)27-3)17(20(25)28-4)15(24-11)8-9-26-2/h6-7,16,24H,5,8-9H2,1-4H3. The summed E-state index contributed by atoms with van der Waals surface area (Å²) in [4.78, 5) is 12.6. The van der Waals surface area contributed by atoms with Crippen molar-refractivity contribution in [3.63, 3.8) is 0 Å². The van der Waals surface area contributed by atoms with Gasteiger partial charge in [-0.2, -0.15) is 9.65 Å². The molecule has 1 aliphatic heterocycles. The Hall–Kier alpha value is -2.92. The zero-order chi connectivity index (χ0) is 20.8. The predicted molar refractivity (Wildman–Crippen MR) is 97.5 cm³/mol. The molecule has 0 aromatic rings. The van der Waals surface area contributed by atoms with E-state index in [1.54, 1.807) is 13.0 Å². The number of methoxy groups -OCH3 is 3. The largest absolute Gasteiger partial charge is 0.493 e. The lowest BCUT2D eigenvalue weighted by molar-refractivity contribution is -0.136. The average molecular weight is 392 g/mol. The summed E-state index contributed by atoms with van der Waals surface area (Å²) in [6, 6.07) is 2.07. The molecule has 0 aromatic carbocycles. The topological polar surface area (TPSA) is 80.6 Å². The second kappa shape index (κ2) is 9.33. The third kappa shape index (κ3) is 3.99. The first kappa shape index (κ1) is 21.4. The summed E-state index contributed by atoms with van der Waals surface area (Å²) < 4.78 is 43.6. The van der Waals surface area contributed by atoms with Crippen molar-refractivity contribution >= 4 is 5.97 Å². The summed E-state index contributed by atoms with van der Waals surface area (Å²) >= 11 is 0. The molecule has 0 spiro atoms. The molecule has 2 rings (SSSR count). The number of dihydropyridines is 1. The smallest absolute Gasteiger partial charge is 0.336 e. The summed E-state index contributed by atoms with van der Waals surface area (Å²) in [6.45, 7) is 1.98. The van der Waals surface area contributed by atoms with Gasteiger partial charge >= 0.3 is 5.97 Å². The Bertz CT molecular complexity index is 860. The molecular formula is C20H22F2N2O4. The molecule has 1 unspecified atom stereocenters. The van der Waals surface area contributed by atoms with Crippen molar-refractivity contribution < 1.29 is 27.8 Å². The number of nitrogens with one attached hydrogen (secondary N) is 1. The van der Waals surface area contributed by atoms with E-state index in [1.165, 1.54) is 21.3 Å². The van der Waals surface area contributed by atoms with Gasteiger partial charge in [-0.25, -0.2) is 9.18 Å². The van der Waals surface area contributed by atoms with Crippen molar-refractivity contribution in [2.75, 3.05) is 27.9 Å². The van der Waals surface area contributed by atoms with E-state index in [-0.39, 0.29) is 28.9 Å². The third-order valence-electron chi connectivity index (χ3n) is 4.55. The van der Waals surface area contributed by atoms with Crippen LogP contribution in [-0.2, 0) is 19.0 Å². The van der Waals surface area contributed by atoms with Gasteiger partial charge in [-0.1, -0.05) is 6.08 Å². The van der Waals surface area contributed by atoms with Crippen molar-refractivity contribution in [1.29, 1.82) is 5.26 Å². The number of hydrogen-bond acceptors (Lipinski definition) is 6. The van der Waals surface area contributed by atoms with Crippen LogP contribution in [0, 0.1) is 17.2 Å². The molecule has 1 heterocycles. The lowest BCUT2D eigenvalue weighted by Crippen LogP contribution is -2.32. The van der Waals surface area contributed by atoms with Gasteiger partial charge in [0.05, 0.1) is 44.0 Å². The fourth-order valence-electron chi connectivity index (χ4n) is 3.27. The van der Waals surface area contributed by atoms with Gasteiger partial charge in [0, 0.05) is 30.5 Å². The first-order valence-corrected chi connectivity index (χ1v) is 8.59. The number of nitrogens with zero attached hydrogens (tertiary/aromatic N) is 1. The van der Waals surface area contributed by atoms with Gasteiger partial charge in [-0.05, 0) is 19.4 Å². The molecule has 6 nitrogen and oxygen atoms in total. The molecule has 2 aliphatic rings. The molecule has 0 saturated heterocycles. The molecular weight excluding hydrogens is 370 g/mol. The highest BCUT2D eigenvalue weighted by molar-refractivity contribution is 5.92. The van der Waals surface area contributed by atoms with Crippen LogP contribution in [0.3, 0.4) is 0 Å². The second-order valence-corrected chi connectivity index (χ2v) is 6.13. The molecule has 28 heavy (non-hydrogen) atoms. The van der Waals surface area contributed by atoms with E-state index in [2.05, 4.69) is 11.4 Å². The number of nitriles is 1. The van der Waals surface area contributed by atoms with Gasteiger partial charge in [0.15, 0.2) is 11.6 Å². The van der Waals surface area contributed by atoms with E-state index in [0.29, 0.717) is 24.4 Å². The highest BCUT2D eigenvalue weighted by Crippen LogP contribution is 2.42. The number of rotatable bonds is 6. The number of halogens is 2. The number of hydrogen-bond donors (Lipinski definition) is 1. The average Bonchev–Trinajstić information content (AvgIpc) is 2.83. The first-order valence-electron chi connectivity index (χ1n) is 8.59. The van der Waals surface area contributed by atoms with Crippen LogP contribution in [0.2, 0.25) is 0 Å². The summed E-state index contributed by atoms with van der Waals surface area (Å²) in [7, 11) is 3.94. The second-order valence-electron chi connectivity index (χ2n) is 6.13. The molecule has 1 aliphatic carbocycles. The number of esters is 1. The third-order valence-corrected chi connectivity index (χ3v) is 4.55. The highest BCUT2D eigenvalue weighted by atomic mass is 19.2. The summed E-state index contributed by atoms with van der Waals surface area (Å²) in [5.41, 5.74) is 1.51. The van der Waals surface area contributed by atoms with Gasteiger partial charge in [0.1, 0.15) is 0 Å². The zero-order valence-corrected chi connectivity index (χ0v) is 16.2. The predicted octanol–water partition coefficient (Wildman–Crippen LogP) is 3.48. The van der Waals surface area contributed by atoms with Gasteiger partial charge in [-0.15, -0.1) is 0 Å². The molecule has 150 valence electrons. The molecule has 8 heteroatoms. The lowest BCUT2D eigenvalue weighted by atomic mass is 9.79. The van der Waals surface area contributed by atoms with Gasteiger partial charge < -0.3 is 19.5 Å². The molecule has 0 fully saturated rings. The minimum absolute atomic E-state index is 0.0744. The molecule has 0 bridgehead atoms. The van der Waals surface area contributed by atoms with Gasteiger partial charge in [0.25, 0.3) is 0 Å². The SMILES string of the molecule is COCCC1=C(C(=O)OC)C(C2=CCC=C(F)C(F)=C2OC)C(C#N)=C(C)N1. The van der Waals surface area contributed by atoms with Crippen molar-refractivity contribution in [2.45, 2.75) is 19.8 Å². The van der Waals surface area contributed by atoms with Crippen LogP contribution in [0.1, 0.15) is 19.8 Å². The minimum Gasteiger partial charge on any atom is -0.493 e. The maximum Gasteiger partial charge on any atom is 0.336 e. The Morgan fingerprint density at radius 1 is 1.32 bits per heavy atom. The van der Waals surface area contributed by atoms with Crippen LogP contribution in [-0.4, -0.2) is 33.9 Å². The van der Waals surface area contributed by atoms with Gasteiger partial charge in [-0.3, -0.25) is 0 Å². The number of carbonyl (C=O) groups excluding carboxylic acids is 1. The van der Waals surface area contributed by atoms with Gasteiger partial charge in [0.2, 0.25) is 5.83 Å². The normalized spacial score (nSPS) is 20.1. The van der Waals surface area contributed by atoms with Crippen LogP contribution in [0.25, 0.3) is 0 Å². The minimum atomic E-state index is -1.18. The monoisotopic (exact) mass is 392 g/mol. The van der Waals surface area contributed by atoms with Crippen molar-refractivity contribution in [2.24, 2.45) is 5.92 Å². The van der Waals surface area contributed by atoms with E-state index in [9.17, 15) is 18.8 Å². The van der Waals surface area contributed by atoms with Crippen LogP contribution < -0.4 is 5.32 Å². The highest BCUT2D eigenvalue weighted by Gasteiger charge is 2.39. The Kier molecular flexibility index (Phi) is 7.12. The maximum atomic E-state index is 14.5. The fraction of sp³-hybridized carbons (Fsp3) is 0.400. The van der Waals surface area contributed by atoms with Crippen LogP contribution in [0.15, 0.2) is 57.7 Å². The van der Waals surface area contributed by atoms with E-state index in [0.717, 1.165) is 6.08 Å². The quantitative estimate of drug-likeness (QED) is 0.697.